The second kappa shape index (κ2) is 21.5. The molecule has 22 heteroatoms. The maximum absolute atomic E-state index is 16.1. The number of nitrogens with one attached hydrogen (secondary N) is 3. The van der Waals surface area contributed by atoms with Gasteiger partial charge in [-0.3, -0.25) is 24.4 Å². The number of benzene rings is 3. The monoisotopic (exact) mass is 1090 g/mol. The van der Waals surface area contributed by atoms with E-state index in [0.29, 0.717) is 50.7 Å². The fourth-order valence-corrected chi connectivity index (χ4v) is 11.6. The highest BCUT2D eigenvalue weighted by Gasteiger charge is 2.44. The zero-order chi connectivity index (χ0) is 55.5. The Hall–Kier alpha value is -8.10. The second-order valence-corrected chi connectivity index (χ2v) is 22.0. The van der Waals surface area contributed by atoms with Gasteiger partial charge in [0.05, 0.1) is 48.5 Å². The lowest BCUT2D eigenvalue weighted by atomic mass is 9.88. The third kappa shape index (κ3) is 10.0. The second-order valence-electron chi connectivity index (χ2n) is 22.0. The van der Waals surface area contributed by atoms with Crippen molar-refractivity contribution in [2.24, 2.45) is 13.0 Å². The van der Waals surface area contributed by atoms with Crippen LogP contribution in [0.25, 0.3) is 55.1 Å². The summed E-state index contributed by atoms with van der Waals surface area (Å²) in [6.45, 7) is 8.89. The fraction of sp³-hybridized carbons (Fsp3) is 0.431. The largest absolute Gasteiger partial charge is 0.486 e. The van der Waals surface area contributed by atoms with Crippen molar-refractivity contribution in [2.75, 3.05) is 44.9 Å². The van der Waals surface area contributed by atoms with E-state index < -0.39 is 42.7 Å². The summed E-state index contributed by atoms with van der Waals surface area (Å²) in [6, 6.07) is 9.29. The van der Waals surface area contributed by atoms with Crippen molar-refractivity contribution < 1.29 is 38.4 Å². The van der Waals surface area contributed by atoms with Gasteiger partial charge in [0, 0.05) is 97.5 Å². The number of aryl methyl sites for hydroxylation is 1. The standard InChI is InChI=1S/C58H63FN14O7/c1-30(2)53(57(77)72-24-40(75)16-49(72)56(76)63-37(27-74)14-13-36-19-60-22-47-44(36)25-70(5)68-47)73-26-48(67-69-73)35-9-7-33(8-10-35)29-79-54-51(50-32(4)45(59)18-46-43(50)21-62-66-46)41(34-11-12-34)17-42-52(54)64-58(80-28-31(3)78-6)65-55(42)71-23-38-15-39(71)20-61-38/h7-10,17-19,21-22,25-26,30-31,34,37-40,49,53,61,74-75H,11-12,15-16,20,23-24,27-29H2,1-6H3,(H,62,66)(H,63,76)/t31-,37+,38-,39-,40+,49-,53-/m0/s1. The summed E-state index contributed by atoms with van der Waals surface area (Å²) >= 11 is 0. The molecular weight excluding hydrogens is 1020 g/mol. The topological polar surface area (TPSA) is 249 Å². The predicted molar refractivity (Wildman–Crippen MR) is 295 cm³/mol. The van der Waals surface area contributed by atoms with Crippen LogP contribution in [0, 0.1) is 30.5 Å². The Kier molecular flexibility index (Phi) is 14.1. The number of halogens is 1. The van der Waals surface area contributed by atoms with Crippen LogP contribution in [0.3, 0.4) is 0 Å². The molecule has 80 heavy (non-hydrogen) atoms. The van der Waals surface area contributed by atoms with Crippen LogP contribution >= 0.6 is 0 Å². The van der Waals surface area contributed by atoms with E-state index in [4.69, 9.17) is 24.2 Å². The molecule has 1 aliphatic carbocycles. The minimum Gasteiger partial charge on any atom is -0.486 e. The molecule has 2 amide bonds. The Labute approximate surface area is 460 Å². The number of hydrogen-bond donors (Lipinski definition) is 5. The SMILES string of the molecule is CO[C@@H](C)COc1nc(N2C[C@@H]3C[C@H]2CN3)c2cc(C3CC3)c(-c3c(C)c(F)cc4[nH]ncc34)c(OCc3ccc(-c4cn([C@H](C(=O)N5C[C@H](O)C[C@H]5C(=O)N[C@H](C#Cc5cncc6nn(C)cc56)CO)C(C)C)nn4)cc3)c2n1. The number of ether oxygens (including phenoxy) is 3. The number of piperazine rings is 1. The lowest BCUT2D eigenvalue weighted by molar-refractivity contribution is -0.142. The minimum atomic E-state index is -1.03. The molecule has 3 saturated heterocycles. The van der Waals surface area contributed by atoms with Crippen LogP contribution in [0.4, 0.5) is 10.2 Å². The average molecular weight is 1090 g/mol. The van der Waals surface area contributed by atoms with Gasteiger partial charge in [-0.2, -0.15) is 20.2 Å². The zero-order valence-corrected chi connectivity index (χ0v) is 45.4. The van der Waals surface area contributed by atoms with E-state index in [0.717, 1.165) is 76.6 Å². The highest BCUT2D eigenvalue weighted by atomic mass is 19.1. The van der Waals surface area contributed by atoms with Gasteiger partial charge in [-0.05, 0) is 73.8 Å². The molecule has 12 rings (SSSR count). The number of aromatic nitrogens is 10. The molecule has 21 nitrogen and oxygen atoms in total. The number of hydrogen-bond acceptors (Lipinski definition) is 16. The van der Waals surface area contributed by atoms with Gasteiger partial charge in [0.2, 0.25) is 11.8 Å². The van der Waals surface area contributed by atoms with Gasteiger partial charge in [0.15, 0.2) is 5.75 Å². The number of anilines is 1. The van der Waals surface area contributed by atoms with Crippen LogP contribution in [0.5, 0.6) is 11.8 Å². The van der Waals surface area contributed by atoms with Gasteiger partial charge < -0.3 is 44.9 Å². The van der Waals surface area contributed by atoms with Crippen molar-refractivity contribution in [3.8, 4) is 46.0 Å². The van der Waals surface area contributed by atoms with Gasteiger partial charge >= 0.3 is 6.01 Å². The molecule has 414 valence electrons. The number of amides is 2. The molecule has 7 atom stereocenters. The number of aliphatic hydroxyl groups is 2. The molecule has 4 fully saturated rings. The van der Waals surface area contributed by atoms with Crippen molar-refractivity contribution in [1.29, 1.82) is 0 Å². The van der Waals surface area contributed by atoms with Crippen molar-refractivity contribution in [3.63, 3.8) is 0 Å². The Morgan fingerprint density at radius 2 is 1.81 bits per heavy atom. The summed E-state index contributed by atoms with van der Waals surface area (Å²) < 4.78 is 38.2. The van der Waals surface area contributed by atoms with E-state index in [-0.39, 0.29) is 62.0 Å². The zero-order valence-electron chi connectivity index (χ0n) is 45.4. The molecule has 0 spiro atoms. The van der Waals surface area contributed by atoms with Crippen molar-refractivity contribution in [1.82, 2.24) is 65.5 Å². The molecule has 0 unspecified atom stereocenters. The predicted octanol–water partition coefficient (Wildman–Crippen LogP) is 5.27. The lowest BCUT2D eigenvalue weighted by Crippen LogP contribution is -2.51. The van der Waals surface area contributed by atoms with E-state index in [9.17, 15) is 19.8 Å². The van der Waals surface area contributed by atoms with Gasteiger partial charge in [-0.1, -0.05) is 55.2 Å². The first-order chi connectivity index (χ1) is 38.7. The van der Waals surface area contributed by atoms with Crippen LogP contribution < -0.4 is 25.0 Å². The molecule has 3 aromatic carbocycles. The van der Waals surface area contributed by atoms with Crippen molar-refractivity contribution >= 4 is 50.3 Å². The maximum atomic E-state index is 16.1. The average Bonchev–Trinajstić information content (AvgIpc) is 4.20. The summed E-state index contributed by atoms with van der Waals surface area (Å²) in [5.74, 6) is 5.78. The Bertz CT molecular complexity index is 3730. The summed E-state index contributed by atoms with van der Waals surface area (Å²) in [4.78, 5) is 46.6. The fourth-order valence-electron chi connectivity index (χ4n) is 11.6. The molecule has 4 aliphatic rings. The van der Waals surface area contributed by atoms with Gasteiger partial charge in [-0.25, -0.2) is 9.07 Å². The van der Waals surface area contributed by atoms with Crippen LogP contribution in [-0.2, 0) is 28.0 Å². The maximum Gasteiger partial charge on any atom is 0.319 e. The van der Waals surface area contributed by atoms with E-state index in [2.05, 4.69) is 64.0 Å². The van der Waals surface area contributed by atoms with E-state index in [1.54, 1.807) is 50.6 Å². The first-order valence-electron chi connectivity index (χ1n) is 27.2. The number of β-amino-alcohol motifs (C(OH)–C–C–N with tert-alkyl or cyclic N) is 1. The van der Waals surface area contributed by atoms with Gasteiger partial charge in [0.25, 0.3) is 0 Å². The van der Waals surface area contributed by atoms with Gasteiger partial charge in [0.1, 0.15) is 59.7 Å². The Morgan fingerprint density at radius 3 is 2.55 bits per heavy atom. The normalized spacial score (nSPS) is 20.0. The number of methoxy groups -OCH3 is 1. The van der Waals surface area contributed by atoms with Crippen LogP contribution in [0.15, 0.2) is 67.4 Å². The number of carbonyl (C=O) groups excluding carboxylic acids is 2. The number of aromatic amines is 1. The highest BCUT2D eigenvalue weighted by Crippen LogP contribution is 2.53. The van der Waals surface area contributed by atoms with Crippen LogP contribution in [0.2, 0.25) is 0 Å². The molecule has 3 aliphatic heterocycles. The minimum absolute atomic E-state index is 0.00348. The number of H-pyrrole nitrogens is 1. The third-order valence-electron chi connectivity index (χ3n) is 15.9. The number of likely N-dealkylation sites (tertiary alicyclic amines) is 1. The van der Waals surface area contributed by atoms with Crippen molar-refractivity contribution in [3.05, 3.63) is 95.5 Å². The van der Waals surface area contributed by atoms with E-state index >= 15 is 4.39 Å². The molecule has 1 saturated carbocycles. The van der Waals surface area contributed by atoms with Crippen LogP contribution in [-0.4, -0.2) is 153 Å². The number of pyridine rings is 1. The third-order valence-corrected chi connectivity index (χ3v) is 15.9. The molecule has 0 radical (unpaired) electrons. The summed E-state index contributed by atoms with van der Waals surface area (Å²) in [6.07, 6.45) is 10.2. The molecule has 5 N–H and O–H groups in total. The quantitative estimate of drug-likeness (QED) is 0.0729. The number of fused-ring (bicyclic) bond motifs is 5. The van der Waals surface area contributed by atoms with E-state index in [1.807, 2.05) is 51.2 Å². The first-order valence-corrected chi connectivity index (χ1v) is 27.2. The van der Waals surface area contributed by atoms with Gasteiger partial charge in [-0.15, -0.1) is 5.10 Å². The lowest BCUT2D eigenvalue weighted by Gasteiger charge is -2.30. The smallest absolute Gasteiger partial charge is 0.319 e. The number of rotatable bonds is 17. The first kappa shape index (κ1) is 52.6. The summed E-state index contributed by atoms with van der Waals surface area (Å²) in [7, 11) is 3.43. The molecule has 8 heterocycles. The summed E-state index contributed by atoms with van der Waals surface area (Å²) in [5.41, 5.74) is 7.39. The number of nitrogens with zero attached hydrogens (tertiary/aromatic N) is 11. The molecule has 5 aromatic heterocycles. The van der Waals surface area contributed by atoms with Crippen molar-refractivity contribution in [2.45, 2.75) is 108 Å². The summed E-state index contributed by atoms with van der Waals surface area (Å²) in [5, 5.41) is 50.5. The molecule has 8 aromatic rings. The Morgan fingerprint density at radius 1 is 0.988 bits per heavy atom. The van der Waals surface area contributed by atoms with E-state index in [1.165, 1.54) is 15.6 Å². The Balaban J connectivity index is 0.826. The number of aliphatic hydroxyl groups excluding tert-OH is 2. The highest BCUT2D eigenvalue weighted by molar-refractivity contribution is 6.06. The molecular formula is C58H63FN14O7. The van der Waals surface area contributed by atoms with Crippen LogP contribution in [0.1, 0.15) is 80.7 Å². The molecule has 2 bridgehead atoms. The number of carbonyl (C=O) groups is 2.